The number of hydrogen-bond donors (Lipinski definition) is 0. The van der Waals surface area contributed by atoms with Gasteiger partial charge in [0, 0.05) is 6.20 Å². The second-order valence-corrected chi connectivity index (χ2v) is 3.26. The van der Waals surface area contributed by atoms with E-state index < -0.39 is 18.3 Å². The van der Waals surface area contributed by atoms with Crippen molar-refractivity contribution in [3.8, 4) is 0 Å². The van der Waals surface area contributed by atoms with Gasteiger partial charge in [0.2, 0.25) is 0 Å². The lowest BCUT2D eigenvalue weighted by molar-refractivity contribution is -0.141. The number of alkyl halides is 3. The molecule has 0 aromatic carbocycles. The third-order valence-corrected chi connectivity index (χ3v) is 1.93. The summed E-state index contributed by atoms with van der Waals surface area (Å²) in [5, 5.41) is 0. The summed E-state index contributed by atoms with van der Waals surface area (Å²) in [5.74, 6) is 0. The maximum Gasteiger partial charge on any atom is 0.406 e. The predicted octanol–water partition coefficient (Wildman–Crippen LogP) is 2.17. The topological polar surface area (TPSA) is 22.0 Å². The SMILES string of the molecule is O=c1c(Br)cccn1CC(F)(F)F. The van der Waals surface area contributed by atoms with Crippen LogP contribution in [-0.2, 0) is 6.54 Å². The molecule has 0 atom stereocenters. The molecule has 0 aliphatic carbocycles. The molecule has 72 valence electrons. The van der Waals surface area contributed by atoms with Crippen LogP contribution in [0.2, 0.25) is 0 Å². The van der Waals surface area contributed by atoms with Crippen molar-refractivity contribution in [2.75, 3.05) is 0 Å². The first-order valence-corrected chi connectivity index (χ1v) is 4.11. The molecular weight excluding hydrogens is 251 g/mol. The summed E-state index contributed by atoms with van der Waals surface area (Å²) in [6.45, 7) is -1.26. The first-order chi connectivity index (χ1) is 5.90. The van der Waals surface area contributed by atoms with Crippen LogP contribution in [-0.4, -0.2) is 10.7 Å². The summed E-state index contributed by atoms with van der Waals surface area (Å²) in [7, 11) is 0. The first kappa shape index (κ1) is 10.3. The van der Waals surface area contributed by atoms with Gasteiger partial charge in [-0.2, -0.15) is 13.2 Å². The highest BCUT2D eigenvalue weighted by molar-refractivity contribution is 9.10. The van der Waals surface area contributed by atoms with E-state index in [0.29, 0.717) is 4.57 Å². The highest BCUT2D eigenvalue weighted by atomic mass is 79.9. The molecule has 1 rings (SSSR count). The van der Waals surface area contributed by atoms with Crippen molar-refractivity contribution in [2.24, 2.45) is 0 Å². The minimum atomic E-state index is -4.37. The van der Waals surface area contributed by atoms with Crippen LogP contribution in [0.3, 0.4) is 0 Å². The lowest BCUT2D eigenvalue weighted by Gasteiger charge is -2.08. The lowest BCUT2D eigenvalue weighted by Crippen LogP contribution is -2.27. The molecule has 1 heterocycles. The molecule has 0 aliphatic rings. The van der Waals surface area contributed by atoms with E-state index in [1.165, 1.54) is 12.1 Å². The van der Waals surface area contributed by atoms with Crippen molar-refractivity contribution in [3.63, 3.8) is 0 Å². The Hall–Kier alpha value is -0.780. The fourth-order valence-corrected chi connectivity index (χ4v) is 1.21. The maximum absolute atomic E-state index is 11.9. The van der Waals surface area contributed by atoms with E-state index in [2.05, 4.69) is 15.9 Å². The molecule has 6 heteroatoms. The van der Waals surface area contributed by atoms with E-state index in [4.69, 9.17) is 0 Å². The van der Waals surface area contributed by atoms with Gasteiger partial charge < -0.3 is 4.57 Å². The standard InChI is InChI=1S/C7H5BrF3NO/c8-5-2-1-3-12(6(5)13)4-7(9,10)11/h1-3H,4H2. The number of hydrogen-bond acceptors (Lipinski definition) is 1. The molecule has 0 radical (unpaired) electrons. The first-order valence-electron chi connectivity index (χ1n) is 3.32. The van der Waals surface area contributed by atoms with E-state index in [9.17, 15) is 18.0 Å². The molecule has 0 saturated carbocycles. The second kappa shape index (κ2) is 3.53. The van der Waals surface area contributed by atoms with Crippen molar-refractivity contribution >= 4 is 15.9 Å². The third kappa shape index (κ3) is 2.87. The average Bonchev–Trinajstić information content (AvgIpc) is 1.96. The Morgan fingerprint density at radius 3 is 2.62 bits per heavy atom. The highest BCUT2D eigenvalue weighted by Gasteiger charge is 2.28. The fourth-order valence-electron chi connectivity index (χ4n) is 0.825. The summed E-state index contributed by atoms with van der Waals surface area (Å²) in [5.41, 5.74) is -0.681. The van der Waals surface area contributed by atoms with Crippen molar-refractivity contribution in [2.45, 2.75) is 12.7 Å². The van der Waals surface area contributed by atoms with E-state index in [-0.39, 0.29) is 4.47 Å². The van der Waals surface area contributed by atoms with Crippen molar-refractivity contribution in [1.82, 2.24) is 4.57 Å². The Kier molecular flexibility index (Phi) is 2.80. The molecule has 0 N–H and O–H groups in total. The van der Waals surface area contributed by atoms with Gasteiger partial charge in [-0.1, -0.05) is 0 Å². The minimum absolute atomic E-state index is 0.124. The summed E-state index contributed by atoms with van der Waals surface area (Å²) >= 11 is 2.85. The highest BCUT2D eigenvalue weighted by Crippen LogP contribution is 2.16. The van der Waals surface area contributed by atoms with E-state index >= 15 is 0 Å². The zero-order chi connectivity index (χ0) is 10.1. The molecule has 0 aliphatic heterocycles. The summed E-state index contributed by atoms with van der Waals surface area (Å²) in [4.78, 5) is 11.1. The number of rotatable bonds is 1. The van der Waals surface area contributed by atoms with E-state index in [1.54, 1.807) is 0 Å². The van der Waals surface area contributed by atoms with Crippen molar-refractivity contribution in [3.05, 3.63) is 33.2 Å². The van der Waals surface area contributed by atoms with Crippen molar-refractivity contribution < 1.29 is 13.2 Å². The van der Waals surface area contributed by atoms with Crippen LogP contribution >= 0.6 is 15.9 Å². The predicted molar refractivity (Wildman–Crippen MR) is 44.5 cm³/mol. The third-order valence-electron chi connectivity index (χ3n) is 1.32. The number of nitrogens with zero attached hydrogens (tertiary/aromatic N) is 1. The van der Waals surface area contributed by atoms with Crippen molar-refractivity contribution in [1.29, 1.82) is 0 Å². The fraction of sp³-hybridized carbons (Fsp3) is 0.286. The quantitative estimate of drug-likeness (QED) is 0.754. The largest absolute Gasteiger partial charge is 0.406 e. The van der Waals surface area contributed by atoms with Crippen LogP contribution < -0.4 is 5.56 Å². The molecule has 0 unspecified atom stereocenters. The molecule has 13 heavy (non-hydrogen) atoms. The molecule has 0 spiro atoms. The molecule has 1 aromatic heterocycles. The number of aromatic nitrogens is 1. The summed E-state index contributed by atoms with van der Waals surface area (Å²) in [6, 6.07) is 2.77. The van der Waals surface area contributed by atoms with Crippen LogP contribution in [0.5, 0.6) is 0 Å². The van der Waals surface area contributed by atoms with Gasteiger partial charge in [0.15, 0.2) is 0 Å². The number of pyridine rings is 1. The van der Waals surface area contributed by atoms with Gasteiger partial charge in [0.1, 0.15) is 6.54 Å². The summed E-state index contributed by atoms with van der Waals surface area (Å²) in [6.07, 6.45) is -3.27. The number of halogens is 4. The molecule has 0 fully saturated rings. The average molecular weight is 256 g/mol. The maximum atomic E-state index is 11.9. The van der Waals surface area contributed by atoms with Crippen LogP contribution in [0.15, 0.2) is 27.6 Å². The molecule has 0 amide bonds. The van der Waals surface area contributed by atoms with Gasteiger partial charge >= 0.3 is 6.18 Å². The van der Waals surface area contributed by atoms with Crippen LogP contribution in [0, 0.1) is 0 Å². The molecule has 1 aromatic rings. The normalized spacial score (nSPS) is 11.7. The smallest absolute Gasteiger partial charge is 0.305 e. The van der Waals surface area contributed by atoms with E-state index in [0.717, 1.165) is 6.20 Å². The van der Waals surface area contributed by atoms with Crippen LogP contribution in [0.1, 0.15) is 0 Å². The molecular formula is C7H5BrF3NO. The Bertz CT molecular complexity index is 357. The molecule has 0 saturated heterocycles. The van der Waals surface area contributed by atoms with Gasteiger partial charge in [-0.15, -0.1) is 0 Å². The second-order valence-electron chi connectivity index (χ2n) is 2.40. The van der Waals surface area contributed by atoms with Gasteiger partial charge in [-0.3, -0.25) is 4.79 Å². The van der Waals surface area contributed by atoms with Gasteiger partial charge in [-0.05, 0) is 28.1 Å². The van der Waals surface area contributed by atoms with Gasteiger partial charge in [0.25, 0.3) is 5.56 Å². The van der Waals surface area contributed by atoms with Gasteiger partial charge in [-0.25, -0.2) is 0 Å². The molecule has 0 bridgehead atoms. The van der Waals surface area contributed by atoms with Crippen LogP contribution in [0.4, 0.5) is 13.2 Å². The molecule has 2 nitrogen and oxygen atoms in total. The van der Waals surface area contributed by atoms with Crippen LogP contribution in [0.25, 0.3) is 0 Å². The monoisotopic (exact) mass is 255 g/mol. The zero-order valence-electron chi connectivity index (χ0n) is 6.31. The Morgan fingerprint density at radius 1 is 1.46 bits per heavy atom. The Morgan fingerprint density at radius 2 is 2.08 bits per heavy atom. The van der Waals surface area contributed by atoms with Gasteiger partial charge in [0.05, 0.1) is 4.47 Å². The Labute approximate surface area is 80.1 Å². The Balaban J connectivity index is 3.03. The minimum Gasteiger partial charge on any atom is -0.305 e. The zero-order valence-corrected chi connectivity index (χ0v) is 7.89. The van der Waals surface area contributed by atoms with E-state index in [1.807, 2.05) is 0 Å². The lowest BCUT2D eigenvalue weighted by atomic mass is 10.4. The summed E-state index contributed by atoms with van der Waals surface area (Å²) < 4.78 is 36.4.